The number of aliphatic hydroxyl groups excluding tert-OH is 1. The molecule has 0 unspecified atom stereocenters. The molecular weight excluding hydrogens is 322 g/mol. The number of amides is 2. The number of carbonyl (C=O) groups excluding carboxylic acids is 2. The molecule has 0 bridgehead atoms. The molecule has 1 N–H and O–H groups in total. The second-order valence-electron chi connectivity index (χ2n) is 6.28. The van der Waals surface area contributed by atoms with Crippen LogP contribution in [0.5, 0.6) is 0 Å². The minimum absolute atomic E-state index is 0.133. The predicted octanol–water partition coefficient (Wildman–Crippen LogP) is 2.16. The van der Waals surface area contributed by atoms with Crippen molar-refractivity contribution in [2.24, 2.45) is 5.92 Å². The van der Waals surface area contributed by atoms with Crippen molar-refractivity contribution in [3.8, 4) is 0 Å². The lowest BCUT2D eigenvalue weighted by molar-refractivity contribution is -0.149. The Balaban J connectivity index is 2.15. The molecule has 1 aliphatic heterocycles. The summed E-state index contributed by atoms with van der Waals surface area (Å²) < 4.78 is 10.3. The highest BCUT2D eigenvalue weighted by atomic mass is 16.6. The van der Waals surface area contributed by atoms with Gasteiger partial charge in [-0.25, -0.2) is 9.69 Å². The van der Waals surface area contributed by atoms with Crippen LogP contribution in [0.25, 0.3) is 0 Å². The number of cyclic esters (lactones) is 1. The van der Waals surface area contributed by atoms with Gasteiger partial charge in [0, 0.05) is 7.11 Å². The van der Waals surface area contributed by atoms with Crippen molar-refractivity contribution in [2.45, 2.75) is 38.0 Å². The summed E-state index contributed by atoms with van der Waals surface area (Å²) in [5.41, 5.74) is 0.998. The van der Waals surface area contributed by atoms with Crippen LogP contribution in [0.1, 0.15) is 18.9 Å². The summed E-state index contributed by atoms with van der Waals surface area (Å²) in [7, 11) is 1.35. The Morgan fingerprint density at radius 2 is 2.16 bits per heavy atom. The average molecular weight is 347 g/mol. The largest absolute Gasteiger partial charge is 0.447 e. The van der Waals surface area contributed by atoms with Gasteiger partial charge < -0.3 is 14.6 Å². The maximum Gasteiger partial charge on any atom is 0.417 e. The molecule has 1 fully saturated rings. The van der Waals surface area contributed by atoms with Crippen molar-refractivity contribution in [3.05, 3.63) is 48.6 Å². The van der Waals surface area contributed by atoms with E-state index >= 15 is 0 Å². The van der Waals surface area contributed by atoms with E-state index in [1.54, 1.807) is 13.0 Å². The first-order valence-corrected chi connectivity index (χ1v) is 8.35. The van der Waals surface area contributed by atoms with Crippen molar-refractivity contribution in [3.63, 3.8) is 0 Å². The van der Waals surface area contributed by atoms with E-state index in [-0.39, 0.29) is 12.5 Å². The summed E-state index contributed by atoms with van der Waals surface area (Å²) in [6.45, 7) is 5.57. The zero-order chi connectivity index (χ0) is 18.4. The van der Waals surface area contributed by atoms with Crippen LogP contribution in [0.2, 0.25) is 0 Å². The van der Waals surface area contributed by atoms with Gasteiger partial charge in [0.05, 0.1) is 12.1 Å². The lowest BCUT2D eigenvalue weighted by Gasteiger charge is -2.29. The minimum Gasteiger partial charge on any atom is -0.447 e. The number of imide groups is 1. The standard InChI is InChI=1S/C19H25NO5/c1-4-8-13(2)16(21)17(24-3)18(22)20-15(12-25-19(20)23)11-14-9-6-5-7-10-14/h4-7,9-10,13,15-17,21H,1,8,11-12H2,2-3H3/t13-,15+,16+,17-/m1/s1. The molecular formula is C19H25NO5. The van der Waals surface area contributed by atoms with E-state index in [0.717, 1.165) is 10.5 Å². The number of benzene rings is 1. The maximum atomic E-state index is 12.9. The van der Waals surface area contributed by atoms with Crippen molar-refractivity contribution in [2.75, 3.05) is 13.7 Å². The molecule has 6 heteroatoms. The smallest absolute Gasteiger partial charge is 0.417 e. The molecule has 2 amide bonds. The molecule has 0 aromatic heterocycles. The molecule has 1 aromatic carbocycles. The van der Waals surface area contributed by atoms with Crippen LogP contribution in [0.15, 0.2) is 43.0 Å². The van der Waals surface area contributed by atoms with Crippen LogP contribution in [0.3, 0.4) is 0 Å². The third-order valence-corrected chi connectivity index (χ3v) is 4.44. The molecule has 6 nitrogen and oxygen atoms in total. The van der Waals surface area contributed by atoms with Gasteiger partial charge in [-0.05, 0) is 24.3 Å². The first-order chi connectivity index (χ1) is 12.0. The summed E-state index contributed by atoms with van der Waals surface area (Å²) in [6.07, 6.45) is -0.163. The molecule has 1 saturated heterocycles. The first-order valence-electron chi connectivity index (χ1n) is 8.35. The second-order valence-corrected chi connectivity index (χ2v) is 6.28. The van der Waals surface area contributed by atoms with Gasteiger partial charge in [0.1, 0.15) is 6.61 Å². The SMILES string of the molecule is C=CC[C@@H](C)[C@H](O)[C@@H](OC)C(=O)N1C(=O)OC[C@@H]1Cc1ccccc1. The van der Waals surface area contributed by atoms with Crippen molar-refractivity contribution < 1.29 is 24.2 Å². The van der Waals surface area contributed by atoms with Crippen LogP contribution in [0, 0.1) is 5.92 Å². The fourth-order valence-corrected chi connectivity index (χ4v) is 2.99. The van der Waals surface area contributed by atoms with Crippen LogP contribution < -0.4 is 0 Å². The second kappa shape index (κ2) is 8.78. The summed E-state index contributed by atoms with van der Waals surface area (Å²) >= 11 is 0. The van der Waals surface area contributed by atoms with Gasteiger partial charge in [0.15, 0.2) is 6.10 Å². The molecule has 0 aliphatic carbocycles. The first kappa shape index (κ1) is 19.1. The van der Waals surface area contributed by atoms with Gasteiger partial charge in [-0.15, -0.1) is 6.58 Å². The van der Waals surface area contributed by atoms with E-state index < -0.39 is 30.3 Å². The lowest BCUT2D eigenvalue weighted by Crippen LogP contribution is -2.51. The van der Waals surface area contributed by atoms with Crippen LogP contribution in [-0.4, -0.2) is 54.0 Å². The van der Waals surface area contributed by atoms with Gasteiger partial charge >= 0.3 is 6.09 Å². The van der Waals surface area contributed by atoms with Crippen LogP contribution in [-0.2, 0) is 20.7 Å². The van der Waals surface area contributed by atoms with E-state index in [0.29, 0.717) is 12.8 Å². The van der Waals surface area contributed by atoms with Gasteiger partial charge in [-0.2, -0.15) is 0 Å². The van der Waals surface area contributed by atoms with E-state index in [1.165, 1.54) is 7.11 Å². The van der Waals surface area contributed by atoms with Crippen LogP contribution >= 0.6 is 0 Å². The minimum atomic E-state index is -1.13. The number of aliphatic hydroxyl groups is 1. The molecule has 136 valence electrons. The number of nitrogens with zero attached hydrogens (tertiary/aromatic N) is 1. The highest BCUT2D eigenvalue weighted by Gasteiger charge is 2.43. The summed E-state index contributed by atoms with van der Waals surface area (Å²) in [5, 5.41) is 10.4. The molecule has 25 heavy (non-hydrogen) atoms. The third-order valence-electron chi connectivity index (χ3n) is 4.44. The monoisotopic (exact) mass is 347 g/mol. The Kier molecular flexibility index (Phi) is 6.73. The average Bonchev–Trinajstić information content (AvgIpc) is 2.96. The van der Waals surface area contributed by atoms with Gasteiger partial charge in [-0.3, -0.25) is 4.79 Å². The van der Waals surface area contributed by atoms with E-state index in [1.807, 2.05) is 30.3 Å². The number of methoxy groups -OCH3 is 1. The number of allylic oxidation sites excluding steroid dienone is 1. The summed E-state index contributed by atoms with van der Waals surface area (Å²) in [6, 6.07) is 9.15. The Morgan fingerprint density at radius 3 is 2.76 bits per heavy atom. The molecule has 2 rings (SSSR count). The topological polar surface area (TPSA) is 76.1 Å². The van der Waals surface area contributed by atoms with E-state index in [2.05, 4.69) is 6.58 Å². The molecule has 1 aliphatic rings. The van der Waals surface area contributed by atoms with Crippen molar-refractivity contribution >= 4 is 12.0 Å². The lowest BCUT2D eigenvalue weighted by atomic mass is 9.95. The highest BCUT2D eigenvalue weighted by molar-refractivity contribution is 5.96. The fourth-order valence-electron chi connectivity index (χ4n) is 2.99. The fraction of sp³-hybridized carbons (Fsp3) is 0.474. The van der Waals surface area contributed by atoms with Crippen molar-refractivity contribution in [1.82, 2.24) is 4.90 Å². The Morgan fingerprint density at radius 1 is 1.48 bits per heavy atom. The molecule has 4 atom stereocenters. The number of rotatable bonds is 8. The molecule has 1 heterocycles. The highest BCUT2D eigenvalue weighted by Crippen LogP contribution is 2.22. The summed E-state index contributed by atoms with van der Waals surface area (Å²) in [4.78, 5) is 26.0. The Hall–Kier alpha value is -2.18. The maximum absolute atomic E-state index is 12.9. The Bertz CT molecular complexity index is 603. The zero-order valence-electron chi connectivity index (χ0n) is 14.6. The third kappa shape index (κ3) is 4.46. The van der Waals surface area contributed by atoms with Crippen molar-refractivity contribution in [1.29, 1.82) is 0 Å². The van der Waals surface area contributed by atoms with Crippen LogP contribution in [0.4, 0.5) is 4.79 Å². The predicted molar refractivity (Wildman–Crippen MR) is 92.9 cm³/mol. The normalized spacial score (nSPS) is 20.7. The zero-order valence-corrected chi connectivity index (χ0v) is 14.6. The van der Waals surface area contributed by atoms with Gasteiger partial charge in [-0.1, -0.05) is 43.3 Å². The quantitative estimate of drug-likeness (QED) is 0.730. The summed E-state index contributed by atoms with van der Waals surface area (Å²) in [5.74, 6) is -0.799. The number of hydrogen-bond acceptors (Lipinski definition) is 5. The van der Waals surface area contributed by atoms with Gasteiger partial charge in [0.25, 0.3) is 5.91 Å². The Labute approximate surface area is 148 Å². The van der Waals surface area contributed by atoms with E-state index in [9.17, 15) is 14.7 Å². The molecule has 0 spiro atoms. The van der Waals surface area contributed by atoms with Gasteiger partial charge in [0.2, 0.25) is 0 Å². The molecule has 0 saturated carbocycles. The van der Waals surface area contributed by atoms with E-state index in [4.69, 9.17) is 9.47 Å². The number of carbonyl (C=O) groups is 2. The molecule has 0 radical (unpaired) electrons. The number of hydrogen-bond donors (Lipinski definition) is 1. The number of ether oxygens (including phenoxy) is 2. The molecule has 1 aromatic rings.